The Morgan fingerprint density at radius 3 is 2.23 bits per heavy atom. The number of aryl methyl sites for hydroxylation is 1. The van der Waals surface area contributed by atoms with E-state index in [1.165, 1.54) is 11.3 Å². The number of hydrogen-bond acceptors (Lipinski definition) is 3. The van der Waals surface area contributed by atoms with Crippen molar-refractivity contribution >= 4 is 17.3 Å². The summed E-state index contributed by atoms with van der Waals surface area (Å²) in [6.45, 7) is 8.84. The molecule has 1 fully saturated rings. The van der Waals surface area contributed by atoms with Crippen molar-refractivity contribution in [3.8, 4) is 0 Å². The maximum Gasteiger partial charge on any atom is 0.224 e. The van der Waals surface area contributed by atoms with Crippen LogP contribution in [0.3, 0.4) is 0 Å². The Balaban J connectivity index is 1.48. The summed E-state index contributed by atoms with van der Waals surface area (Å²) in [5.41, 5.74) is 3.29. The number of anilines is 2. The summed E-state index contributed by atoms with van der Waals surface area (Å²) in [6, 6.07) is 19.0. The van der Waals surface area contributed by atoms with E-state index in [0.717, 1.165) is 38.3 Å². The summed E-state index contributed by atoms with van der Waals surface area (Å²) in [5.74, 6) is 0.0622. The molecular formula is C22H29N3O. The fourth-order valence-corrected chi connectivity index (χ4v) is 3.38. The first-order valence-corrected chi connectivity index (χ1v) is 9.54. The lowest BCUT2D eigenvalue weighted by atomic mass is 10.1. The van der Waals surface area contributed by atoms with E-state index in [9.17, 15) is 4.79 Å². The van der Waals surface area contributed by atoms with Gasteiger partial charge in [-0.1, -0.05) is 30.3 Å². The number of nitrogens with zero attached hydrogens (tertiary/aromatic N) is 2. The van der Waals surface area contributed by atoms with Crippen LogP contribution in [0.5, 0.6) is 0 Å². The van der Waals surface area contributed by atoms with Crippen LogP contribution < -0.4 is 10.2 Å². The molecule has 3 rings (SSSR count). The molecule has 0 unspecified atom stereocenters. The minimum atomic E-state index is 0.0622. The number of amides is 1. The first-order chi connectivity index (χ1) is 12.6. The average molecular weight is 351 g/mol. The lowest BCUT2D eigenvalue weighted by Gasteiger charge is -2.38. The van der Waals surface area contributed by atoms with Crippen LogP contribution in [0.2, 0.25) is 0 Å². The number of benzene rings is 2. The lowest BCUT2D eigenvalue weighted by Crippen LogP contribution is -2.48. The third-order valence-electron chi connectivity index (χ3n) is 5.04. The summed E-state index contributed by atoms with van der Waals surface area (Å²) in [4.78, 5) is 17.1. The largest absolute Gasteiger partial charge is 0.369 e. The summed E-state index contributed by atoms with van der Waals surface area (Å²) in [6.07, 6.45) is 1.27. The van der Waals surface area contributed by atoms with Crippen LogP contribution in [0.4, 0.5) is 11.4 Å². The number of rotatable bonds is 6. The first kappa shape index (κ1) is 18.5. The van der Waals surface area contributed by atoms with Gasteiger partial charge in [-0.15, -0.1) is 0 Å². The second kappa shape index (κ2) is 8.86. The van der Waals surface area contributed by atoms with E-state index < -0.39 is 0 Å². The minimum Gasteiger partial charge on any atom is -0.369 e. The molecule has 0 aliphatic carbocycles. The average Bonchev–Trinajstić information content (AvgIpc) is 2.68. The molecule has 0 spiro atoms. The maximum atomic E-state index is 12.1. The third kappa shape index (κ3) is 5.09. The Morgan fingerprint density at radius 1 is 0.962 bits per heavy atom. The van der Waals surface area contributed by atoms with Crippen molar-refractivity contribution in [1.29, 1.82) is 0 Å². The normalized spacial score (nSPS) is 15.3. The second-order valence-corrected chi connectivity index (χ2v) is 7.20. The maximum absolute atomic E-state index is 12.1. The first-order valence-electron chi connectivity index (χ1n) is 9.54. The van der Waals surface area contributed by atoms with Crippen molar-refractivity contribution in [2.75, 3.05) is 36.4 Å². The van der Waals surface area contributed by atoms with Gasteiger partial charge >= 0.3 is 0 Å². The Morgan fingerprint density at radius 2 is 1.62 bits per heavy atom. The van der Waals surface area contributed by atoms with Gasteiger partial charge in [0.05, 0.1) is 0 Å². The molecule has 2 aromatic rings. The van der Waals surface area contributed by atoms with Crippen molar-refractivity contribution in [3.05, 3.63) is 60.2 Å². The van der Waals surface area contributed by atoms with Gasteiger partial charge in [0, 0.05) is 50.0 Å². The smallest absolute Gasteiger partial charge is 0.224 e. The van der Waals surface area contributed by atoms with Gasteiger partial charge in [0.2, 0.25) is 5.91 Å². The number of hydrogen-bond donors (Lipinski definition) is 1. The molecule has 138 valence electrons. The Bertz CT molecular complexity index is 689. The fourth-order valence-electron chi connectivity index (χ4n) is 3.38. The van der Waals surface area contributed by atoms with Crippen LogP contribution in [-0.4, -0.2) is 43.0 Å². The van der Waals surface area contributed by atoms with E-state index in [4.69, 9.17) is 0 Å². The van der Waals surface area contributed by atoms with Crippen LogP contribution in [0.25, 0.3) is 0 Å². The van der Waals surface area contributed by atoms with Gasteiger partial charge in [0.1, 0.15) is 0 Å². The molecule has 4 nitrogen and oxygen atoms in total. The van der Waals surface area contributed by atoms with Gasteiger partial charge in [0.25, 0.3) is 0 Å². The molecule has 1 amide bonds. The lowest BCUT2D eigenvalue weighted by molar-refractivity contribution is -0.116. The summed E-state index contributed by atoms with van der Waals surface area (Å²) >= 11 is 0. The molecule has 2 aromatic carbocycles. The molecule has 4 heteroatoms. The molecule has 0 radical (unpaired) electrons. The molecule has 1 aliphatic heterocycles. The van der Waals surface area contributed by atoms with Gasteiger partial charge in [-0.3, -0.25) is 9.69 Å². The van der Waals surface area contributed by atoms with Gasteiger partial charge in [-0.25, -0.2) is 0 Å². The summed E-state index contributed by atoms with van der Waals surface area (Å²) in [7, 11) is 0. The van der Waals surface area contributed by atoms with E-state index in [0.29, 0.717) is 12.5 Å². The Labute approximate surface area is 156 Å². The number of carbonyl (C=O) groups is 1. The Hall–Kier alpha value is -2.33. The SMILES string of the molecule is CC(C)N1CCN(c2ccc(NC(=O)CCc3ccccc3)cc2)CC1. The molecule has 0 atom stereocenters. The Kier molecular flexibility index (Phi) is 6.29. The molecule has 1 saturated heterocycles. The standard InChI is InChI=1S/C22H29N3O/c1-18(2)24-14-16-25(17-15-24)21-11-9-20(10-12-21)23-22(26)13-8-19-6-4-3-5-7-19/h3-7,9-12,18H,8,13-17H2,1-2H3,(H,23,26). The van der Waals surface area contributed by atoms with Crippen molar-refractivity contribution in [2.24, 2.45) is 0 Å². The van der Waals surface area contributed by atoms with Crippen molar-refractivity contribution in [3.63, 3.8) is 0 Å². The molecule has 26 heavy (non-hydrogen) atoms. The molecule has 1 heterocycles. The second-order valence-electron chi connectivity index (χ2n) is 7.20. The number of nitrogens with one attached hydrogen (secondary N) is 1. The zero-order chi connectivity index (χ0) is 18.4. The molecule has 0 aromatic heterocycles. The quantitative estimate of drug-likeness (QED) is 0.860. The summed E-state index contributed by atoms with van der Waals surface area (Å²) < 4.78 is 0. The predicted molar refractivity (Wildman–Crippen MR) is 109 cm³/mol. The van der Waals surface area contributed by atoms with Gasteiger partial charge in [0.15, 0.2) is 0 Å². The minimum absolute atomic E-state index is 0.0622. The van der Waals surface area contributed by atoms with E-state index in [-0.39, 0.29) is 5.91 Å². The van der Waals surface area contributed by atoms with Crippen molar-refractivity contribution in [1.82, 2.24) is 4.90 Å². The molecule has 1 N–H and O–H groups in total. The predicted octanol–water partition coefficient (Wildman–Crippen LogP) is 3.79. The van der Waals surface area contributed by atoms with Crippen LogP contribution in [0.1, 0.15) is 25.8 Å². The topological polar surface area (TPSA) is 35.6 Å². The molecule has 0 bridgehead atoms. The van der Waals surface area contributed by atoms with E-state index in [1.54, 1.807) is 0 Å². The molecular weight excluding hydrogens is 322 g/mol. The van der Waals surface area contributed by atoms with Crippen molar-refractivity contribution < 1.29 is 4.79 Å². The van der Waals surface area contributed by atoms with Crippen LogP contribution in [-0.2, 0) is 11.2 Å². The number of carbonyl (C=O) groups excluding carboxylic acids is 1. The van der Waals surface area contributed by atoms with Crippen molar-refractivity contribution in [2.45, 2.75) is 32.7 Å². The molecule has 1 aliphatic rings. The zero-order valence-corrected chi connectivity index (χ0v) is 15.8. The third-order valence-corrected chi connectivity index (χ3v) is 5.04. The monoisotopic (exact) mass is 351 g/mol. The summed E-state index contributed by atoms with van der Waals surface area (Å²) in [5, 5.41) is 3.00. The highest BCUT2D eigenvalue weighted by atomic mass is 16.1. The highest BCUT2D eigenvalue weighted by Crippen LogP contribution is 2.20. The van der Waals surface area contributed by atoms with Gasteiger partial charge < -0.3 is 10.2 Å². The van der Waals surface area contributed by atoms with Crippen LogP contribution >= 0.6 is 0 Å². The van der Waals surface area contributed by atoms with Crippen LogP contribution in [0.15, 0.2) is 54.6 Å². The van der Waals surface area contributed by atoms with E-state index in [1.807, 2.05) is 30.3 Å². The van der Waals surface area contributed by atoms with Crippen LogP contribution in [0, 0.1) is 0 Å². The highest BCUT2D eigenvalue weighted by molar-refractivity contribution is 5.91. The van der Waals surface area contributed by atoms with Gasteiger partial charge in [-0.2, -0.15) is 0 Å². The van der Waals surface area contributed by atoms with Gasteiger partial charge in [-0.05, 0) is 50.1 Å². The fraction of sp³-hybridized carbons (Fsp3) is 0.409. The van der Waals surface area contributed by atoms with E-state index in [2.05, 4.69) is 53.2 Å². The van der Waals surface area contributed by atoms with E-state index >= 15 is 0 Å². The molecule has 0 saturated carbocycles. The highest BCUT2D eigenvalue weighted by Gasteiger charge is 2.18. The zero-order valence-electron chi connectivity index (χ0n) is 15.8. The number of piperazine rings is 1.